The van der Waals surface area contributed by atoms with Crippen molar-refractivity contribution in [1.82, 2.24) is 30.7 Å². The van der Waals surface area contributed by atoms with Gasteiger partial charge in [-0.3, -0.25) is 43.3 Å². The smallest absolute Gasteiger partial charge is 0.410 e. The summed E-state index contributed by atoms with van der Waals surface area (Å²) in [4.78, 5) is 155. The predicted molar refractivity (Wildman–Crippen MR) is 389 cm³/mol. The number of carbonyl (C=O) groups is 11. The van der Waals surface area contributed by atoms with Crippen LogP contribution in [0.15, 0.2) is 97.1 Å². The van der Waals surface area contributed by atoms with E-state index in [-0.39, 0.29) is 66.6 Å². The first kappa shape index (κ1) is 84.6. The Bertz CT molecular complexity index is 3720. The summed E-state index contributed by atoms with van der Waals surface area (Å²) in [6.07, 6.45) is -11.9. The van der Waals surface area contributed by atoms with E-state index in [1.54, 1.807) is 77.8 Å². The molecule has 7 rings (SSSR count). The molecule has 10 unspecified atom stereocenters. The second kappa shape index (κ2) is 39.2. The van der Waals surface area contributed by atoms with Crippen molar-refractivity contribution >= 4 is 71.3 Å². The van der Waals surface area contributed by atoms with Gasteiger partial charge in [-0.1, -0.05) is 140 Å². The number of likely N-dealkylation sites (N-methyl/N-ethyl adjacent to an activating group) is 2. The summed E-state index contributed by atoms with van der Waals surface area (Å²) in [5.41, 5.74) is 4.81. The molecule has 5 N–H and O–H groups in total. The molecule has 584 valence electrons. The summed E-state index contributed by atoms with van der Waals surface area (Å²) in [6.45, 7) is 17.0. The minimum Gasteiger partial charge on any atom is -0.467 e. The van der Waals surface area contributed by atoms with Crippen LogP contribution in [0.3, 0.4) is 0 Å². The molecule has 4 aromatic carbocycles. The molecule has 2 fully saturated rings. The lowest BCUT2D eigenvalue weighted by Crippen LogP contribution is -2.64. The van der Waals surface area contributed by atoms with Crippen molar-refractivity contribution < 1.29 is 105 Å². The van der Waals surface area contributed by atoms with E-state index < -0.39 is 157 Å². The van der Waals surface area contributed by atoms with Gasteiger partial charge < -0.3 is 83.5 Å². The van der Waals surface area contributed by atoms with E-state index in [0.717, 1.165) is 55.0 Å². The van der Waals surface area contributed by atoms with Crippen molar-refractivity contribution in [2.45, 2.75) is 200 Å². The van der Waals surface area contributed by atoms with Crippen LogP contribution < -0.4 is 26.0 Å². The summed E-state index contributed by atoms with van der Waals surface area (Å²) in [6, 6.07) is 24.6. The number of likely N-dealkylation sites (tertiary alicyclic amines) is 1. The molecule has 29 nitrogen and oxygen atoms in total. The molecule has 29 heteroatoms. The number of methoxy groups -OCH3 is 3. The van der Waals surface area contributed by atoms with Crippen molar-refractivity contribution in [3.8, 4) is 16.9 Å². The number of rotatable bonds is 34. The molecular weight excluding hydrogens is 1390 g/mol. The van der Waals surface area contributed by atoms with E-state index in [4.69, 9.17) is 47.4 Å². The van der Waals surface area contributed by atoms with Gasteiger partial charge in [0.05, 0.1) is 61.6 Å². The first-order valence-electron chi connectivity index (χ1n) is 36.1. The Morgan fingerprint density at radius 2 is 1.30 bits per heavy atom. The lowest BCUT2D eigenvalue weighted by atomic mass is 9.89. The van der Waals surface area contributed by atoms with E-state index >= 15 is 4.79 Å². The number of nitrogens with zero attached hydrogens (tertiary/aromatic N) is 3. The Morgan fingerprint density at radius 3 is 1.88 bits per heavy atom. The van der Waals surface area contributed by atoms with E-state index in [0.29, 0.717) is 31.4 Å². The first-order chi connectivity index (χ1) is 50.8. The van der Waals surface area contributed by atoms with Crippen molar-refractivity contribution in [2.75, 3.05) is 60.4 Å². The number of nitrogens with one attached hydrogen (secondary N) is 4. The highest BCUT2D eigenvalue weighted by Gasteiger charge is 2.56. The van der Waals surface area contributed by atoms with Gasteiger partial charge in [0.1, 0.15) is 31.0 Å². The van der Waals surface area contributed by atoms with E-state index in [1.165, 1.54) is 44.4 Å². The predicted octanol–water partition coefficient (Wildman–Crippen LogP) is 7.52. The second-order valence-electron chi connectivity index (χ2n) is 28.0. The van der Waals surface area contributed by atoms with E-state index in [9.17, 15) is 53.1 Å². The largest absolute Gasteiger partial charge is 0.467 e. The van der Waals surface area contributed by atoms with Crippen LogP contribution in [0.5, 0.6) is 5.75 Å². The zero-order chi connectivity index (χ0) is 78.7. The number of aliphatic hydroxyl groups excluding tert-OH is 1. The molecule has 3 aliphatic rings. The SMILES string of the molecule is CCC(C)C(C(CC(=O)N1CCCC1C(OC)C(C)C(=O)NC(C)C(O)c1ccccc1)OC)N(C)C(=O)C(NC(=O)C(C(C)C)N(C)C(=O)OCc1ccc(O[C@H]2O[C@H](C(=O)OC)[C@@H](OC(C)=O)[C@H](OC(C)=O)[C@H]2OC(C)=O)c(NC(=O)CCNC(=O)OCC2c3ccccc3-c3ccccc32)c1)C(C)C. The van der Waals surface area contributed by atoms with Gasteiger partial charge in [-0.05, 0) is 83.0 Å². The Morgan fingerprint density at radius 1 is 0.692 bits per heavy atom. The Kier molecular flexibility index (Phi) is 31.0. The lowest BCUT2D eigenvalue weighted by Gasteiger charge is -2.43. The van der Waals surface area contributed by atoms with Gasteiger partial charge in [-0.2, -0.15) is 0 Å². The number of amides is 7. The van der Waals surface area contributed by atoms with Crippen molar-refractivity contribution in [2.24, 2.45) is 23.7 Å². The molecular formula is C78H105N7O22. The number of ether oxygens (including phenoxy) is 10. The quantitative estimate of drug-likeness (QED) is 0.0223. The summed E-state index contributed by atoms with van der Waals surface area (Å²) < 4.78 is 57.4. The maximum atomic E-state index is 15.0. The molecule has 2 saturated heterocycles. The van der Waals surface area contributed by atoms with Gasteiger partial charge in [0, 0.05) is 74.5 Å². The minimum atomic E-state index is -1.87. The molecule has 0 aromatic heterocycles. The van der Waals surface area contributed by atoms with Gasteiger partial charge in [0.25, 0.3) is 0 Å². The average Bonchev–Trinajstić information content (AvgIpc) is 1.71. The highest BCUT2D eigenvalue weighted by molar-refractivity contribution is 5.93. The first-order valence-corrected chi connectivity index (χ1v) is 36.1. The van der Waals surface area contributed by atoms with Gasteiger partial charge in [-0.15, -0.1) is 0 Å². The third-order valence-electron chi connectivity index (χ3n) is 19.8. The lowest BCUT2D eigenvalue weighted by molar-refractivity contribution is -0.282. The number of fused-ring (bicyclic) bond motifs is 3. The second-order valence-corrected chi connectivity index (χ2v) is 28.0. The molecule has 2 aliphatic heterocycles. The zero-order valence-electron chi connectivity index (χ0n) is 63.9. The molecule has 15 atom stereocenters. The number of carbonyl (C=O) groups excluding carboxylic acids is 11. The molecule has 1 aliphatic carbocycles. The molecule has 0 bridgehead atoms. The van der Waals surface area contributed by atoms with E-state index in [2.05, 4.69) is 21.3 Å². The Hall–Kier alpha value is -9.71. The van der Waals surface area contributed by atoms with Crippen LogP contribution in [0.25, 0.3) is 11.1 Å². The minimum absolute atomic E-state index is 0.00866. The third kappa shape index (κ3) is 21.6. The standard InChI is InChI=1S/C78H105N7O22/c1-17-44(6)65(60(98-14)39-62(90)85-37-25-32-58(85)67(99-15)45(7)72(92)80-46(8)66(91)51-26-19-18-20-27-51)83(12)74(94)63(42(2)3)82-73(93)64(43(4)5)84(13)78(97)102-40-50-33-34-59(106-76-71(105-49(11)88)69(104-48(10)87)68(103-47(9)86)70(107-76)75(95)100-16)57(38-50)81-61(89)35-36-79-77(96)101-41-56-54-30-23-21-28-52(54)53-29-22-24-31-55(53)56/h18-24,26-31,33-34,38,42-46,56,58,60,63-71,76,91H,17,25,32,35-37,39-41H2,1-16H3,(H,79,96)(H,80,92)(H,81,89)(H,82,93)/t44?,45?,46?,58?,60?,63?,64?,65?,66?,67?,68-,69-,70-,71+,76-/m0/s1. The zero-order valence-corrected chi connectivity index (χ0v) is 63.9. The van der Waals surface area contributed by atoms with Gasteiger partial charge in [-0.25, -0.2) is 14.4 Å². The Labute approximate surface area is 624 Å². The molecule has 0 spiro atoms. The summed E-state index contributed by atoms with van der Waals surface area (Å²) >= 11 is 0. The van der Waals surface area contributed by atoms with Gasteiger partial charge in [0.2, 0.25) is 41.9 Å². The topological polar surface area (TPSA) is 358 Å². The van der Waals surface area contributed by atoms with Crippen LogP contribution in [0.2, 0.25) is 0 Å². The molecule has 0 saturated carbocycles. The summed E-state index contributed by atoms with van der Waals surface area (Å²) in [7, 11) is 6.95. The Balaban J connectivity index is 1.05. The van der Waals surface area contributed by atoms with E-state index in [1.807, 2.05) is 68.4 Å². The fraction of sp³-hybridized carbons (Fsp3) is 0.551. The number of hydrogen-bond acceptors (Lipinski definition) is 22. The fourth-order valence-electron chi connectivity index (χ4n) is 14.2. The van der Waals surface area contributed by atoms with Crippen molar-refractivity contribution in [3.63, 3.8) is 0 Å². The summed E-state index contributed by atoms with van der Waals surface area (Å²) in [5, 5.41) is 22.2. The van der Waals surface area contributed by atoms with Crippen molar-refractivity contribution in [3.05, 3.63) is 119 Å². The monoisotopic (exact) mass is 1490 g/mol. The average molecular weight is 1490 g/mol. The number of benzene rings is 4. The van der Waals surface area contributed by atoms with Crippen molar-refractivity contribution in [1.29, 1.82) is 0 Å². The fourth-order valence-corrected chi connectivity index (χ4v) is 14.2. The molecule has 107 heavy (non-hydrogen) atoms. The van der Waals surface area contributed by atoms with Crippen LogP contribution >= 0.6 is 0 Å². The van der Waals surface area contributed by atoms with Gasteiger partial charge in [0.15, 0.2) is 18.3 Å². The van der Waals surface area contributed by atoms with Crippen LogP contribution in [0.1, 0.15) is 143 Å². The van der Waals surface area contributed by atoms with Gasteiger partial charge >= 0.3 is 36.1 Å². The number of aliphatic hydroxyl groups is 1. The van der Waals surface area contributed by atoms with Crippen LogP contribution in [0, 0.1) is 23.7 Å². The third-order valence-corrected chi connectivity index (χ3v) is 19.8. The number of esters is 4. The number of hydrogen-bond donors (Lipinski definition) is 5. The van der Waals surface area contributed by atoms with Crippen LogP contribution in [0.4, 0.5) is 15.3 Å². The summed E-state index contributed by atoms with van der Waals surface area (Å²) in [5.74, 6) is -8.88. The molecule has 4 aromatic rings. The van der Waals surface area contributed by atoms with Crippen LogP contribution in [-0.2, 0) is 92.4 Å². The molecule has 7 amide bonds. The normalized spacial score (nSPS) is 20.0. The highest BCUT2D eigenvalue weighted by Crippen LogP contribution is 2.45. The van der Waals surface area contributed by atoms with Crippen LogP contribution in [-0.4, -0.2) is 214 Å². The number of anilines is 1. The maximum absolute atomic E-state index is 15.0. The molecule has 0 radical (unpaired) electrons. The highest BCUT2D eigenvalue weighted by atomic mass is 16.7. The molecule has 2 heterocycles. The number of alkyl carbamates (subject to hydrolysis) is 1. The maximum Gasteiger partial charge on any atom is 0.410 e.